The van der Waals surface area contributed by atoms with Gasteiger partial charge < -0.3 is 5.73 Å². The molecule has 0 bridgehead atoms. The van der Waals surface area contributed by atoms with E-state index in [1.54, 1.807) is 5.57 Å². The fourth-order valence-corrected chi connectivity index (χ4v) is 4.68. The monoisotopic (exact) mass is 216 g/mol. The van der Waals surface area contributed by atoms with Crippen molar-refractivity contribution < 1.29 is 0 Å². The molecule has 5 atom stereocenters. The molecule has 1 saturated carbocycles. The average Bonchev–Trinajstić information content (AvgIpc) is 2.64. The molecule has 0 spiro atoms. The third kappa shape index (κ3) is 1.05. The smallest absolute Gasteiger partial charge is 0.0304 e. The largest absolute Gasteiger partial charge is 0.324 e. The van der Waals surface area contributed by atoms with Gasteiger partial charge in [-0.15, -0.1) is 0 Å². The van der Waals surface area contributed by atoms with Crippen molar-refractivity contribution in [3.8, 4) is 0 Å². The van der Waals surface area contributed by atoms with Crippen LogP contribution < -0.4 is 5.73 Å². The Labute approximate surface area is 97.2 Å². The van der Waals surface area contributed by atoms with E-state index in [0.717, 1.165) is 23.8 Å². The topological polar surface area (TPSA) is 29.3 Å². The van der Waals surface area contributed by atoms with Gasteiger partial charge >= 0.3 is 0 Å². The molecule has 2 aliphatic heterocycles. The first-order valence-electron chi connectivity index (χ1n) is 6.74. The van der Waals surface area contributed by atoms with Crippen molar-refractivity contribution in [3.63, 3.8) is 0 Å². The Morgan fingerprint density at radius 3 is 3.12 bits per heavy atom. The molecule has 86 valence electrons. The van der Waals surface area contributed by atoms with Gasteiger partial charge in [0, 0.05) is 18.0 Å². The van der Waals surface area contributed by atoms with Crippen molar-refractivity contribution in [2.45, 2.75) is 31.3 Å². The van der Waals surface area contributed by atoms with Crippen LogP contribution in [0.2, 0.25) is 0 Å². The molecule has 2 saturated heterocycles. The van der Waals surface area contributed by atoms with Gasteiger partial charge in [0.05, 0.1) is 0 Å². The van der Waals surface area contributed by atoms with Gasteiger partial charge in [-0.05, 0) is 49.8 Å². The normalized spacial score (nSPS) is 50.1. The van der Waals surface area contributed by atoms with E-state index in [0.29, 0.717) is 6.04 Å². The van der Waals surface area contributed by atoms with E-state index < -0.39 is 0 Å². The SMILES string of the molecule is NC1C2=CC=CC3CCN4CCCC1C4C23. The second kappa shape index (κ2) is 3.21. The lowest BCUT2D eigenvalue weighted by atomic mass is 9.74. The highest BCUT2D eigenvalue weighted by Crippen LogP contribution is 2.51. The zero-order valence-electron chi connectivity index (χ0n) is 9.68. The van der Waals surface area contributed by atoms with Gasteiger partial charge in [-0.1, -0.05) is 18.2 Å². The van der Waals surface area contributed by atoms with Gasteiger partial charge in [0.25, 0.3) is 0 Å². The van der Waals surface area contributed by atoms with E-state index in [-0.39, 0.29) is 0 Å². The van der Waals surface area contributed by atoms with Crippen molar-refractivity contribution in [2.24, 2.45) is 23.5 Å². The van der Waals surface area contributed by atoms with Crippen LogP contribution in [-0.2, 0) is 0 Å². The lowest BCUT2D eigenvalue weighted by molar-refractivity contribution is 0.0354. The number of nitrogens with two attached hydrogens (primary N) is 1. The van der Waals surface area contributed by atoms with E-state index in [1.807, 2.05) is 0 Å². The van der Waals surface area contributed by atoms with E-state index in [2.05, 4.69) is 23.1 Å². The highest BCUT2D eigenvalue weighted by Gasteiger charge is 2.53. The number of allylic oxidation sites excluding steroid dienone is 3. The van der Waals surface area contributed by atoms with E-state index in [9.17, 15) is 0 Å². The Bertz CT molecular complexity index is 371. The molecule has 2 N–H and O–H groups in total. The summed E-state index contributed by atoms with van der Waals surface area (Å²) in [5.41, 5.74) is 8.03. The minimum absolute atomic E-state index is 0.350. The Morgan fingerprint density at radius 1 is 1.25 bits per heavy atom. The molecule has 2 heteroatoms. The molecule has 0 aromatic rings. The summed E-state index contributed by atoms with van der Waals surface area (Å²) in [6, 6.07) is 1.13. The van der Waals surface area contributed by atoms with Crippen molar-refractivity contribution in [3.05, 3.63) is 23.8 Å². The third-order valence-corrected chi connectivity index (χ3v) is 5.30. The van der Waals surface area contributed by atoms with Crippen LogP contribution in [-0.4, -0.2) is 30.1 Å². The van der Waals surface area contributed by atoms with Gasteiger partial charge in [-0.25, -0.2) is 0 Å². The molecule has 4 rings (SSSR count). The lowest BCUT2D eigenvalue weighted by Crippen LogP contribution is -2.53. The fraction of sp³-hybridized carbons (Fsp3) is 0.714. The van der Waals surface area contributed by atoms with E-state index in [4.69, 9.17) is 5.73 Å². The first-order valence-corrected chi connectivity index (χ1v) is 6.74. The van der Waals surface area contributed by atoms with Crippen LogP contribution in [0.4, 0.5) is 0 Å². The fourth-order valence-electron chi connectivity index (χ4n) is 4.68. The quantitative estimate of drug-likeness (QED) is 0.665. The molecule has 0 aromatic heterocycles. The molecule has 0 amide bonds. The Morgan fingerprint density at radius 2 is 2.19 bits per heavy atom. The molecule has 3 fully saturated rings. The summed E-state index contributed by atoms with van der Waals surface area (Å²) in [7, 11) is 0. The van der Waals surface area contributed by atoms with Crippen LogP contribution >= 0.6 is 0 Å². The highest BCUT2D eigenvalue weighted by molar-refractivity contribution is 5.36. The Balaban J connectivity index is 1.81. The zero-order valence-corrected chi connectivity index (χ0v) is 9.68. The van der Waals surface area contributed by atoms with Crippen LogP contribution in [0, 0.1) is 17.8 Å². The summed E-state index contributed by atoms with van der Waals surface area (Å²) in [6.45, 7) is 2.61. The number of piperidine rings is 2. The third-order valence-electron chi connectivity index (χ3n) is 5.30. The maximum Gasteiger partial charge on any atom is 0.0304 e. The number of hydrogen-bond donors (Lipinski definition) is 1. The first kappa shape index (κ1) is 9.43. The summed E-state index contributed by atoms with van der Waals surface area (Å²) >= 11 is 0. The molecule has 0 aromatic carbocycles. The van der Waals surface area contributed by atoms with Crippen LogP contribution in [0.15, 0.2) is 23.8 Å². The zero-order chi connectivity index (χ0) is 10.7. The van der Waals surface area contributed by atoms with Crippen LogP contribution in [0.1, 0.15) is 19.3 Å². The van der Waals surface area contributed by atoms with Crippen molar-refractivity contribution >= 4 is 0 Å². The molecular weight excluding hydrogens is 196 g/mol. The van der Waals surface area contributed by atoms with Gasteiger partial charge in [0.2, 0.25) is 0 Å². The first-order chi connectivity index (χ1) is 7.86. The van der Waals surface area contributed by atoms with Crippen molar-refractivity contribution in [1.29, 1.82) is 0 Å². The predicted octanol–water partition coefficient (Wildman–Crippen LogP) is 1.54. The second-order valence-electron chi connectivity index (χ2n) is 5.89. The summed E-state index contributed by atoms with van der Waals surface area (Å²) in [4.78, 5) is 2.73. The maximum atomic E-state index is 6.47. The molecule has 4 aliphatic rings. The van der Waals surface area contributed by atoms with E-state index >= 15 is 0 Å². The molecule has 2 nitrogen and oxygen atoms in total. The summed E-state index contributed by atoms with van der Waals surface area (Å²) in [5.74, 6) is 2.29. The Kier molecular flexibility index (Phi) is 1.89. The van der Waals surface area contributed by atoms with Crippen LogP contribution in [0.25, 0.3) is 0 Å². The summed E-state index contributed by atoms with van der Waals surface area (Å²) in [6.07, 6.45) is 11.0. The van der Waals surface area contributed by atoms with Crippen molar-refractivity contribution in [1.82, 2.24) is 4.90 Å². The standard InChI is InChI=1S/C14H20N2/c15-13-10-4-1-3-9-6-8-16-7-2-5-11(13)14(16)12(9)10/h1,3-4,9,11-14H,2,5-8,15H2. The van der Waals surface area contributed by atoms with Gasteiger partial charge in [-0.3, -0.25) is 4.90 Å². The number of nitrogens with zero attached hydrogens (tertiary/aromatic N) is 1. The van der Waals surface area contributed by atoms with Gasteiger partial charge in [0.1, 0.15) is 0 Å². The predicted molar refractivity (Wildman–Crippen MR) is 64.9 cm³/mol. The highest BCUT2D eigenvalue weighted by atomic mass is 15.2. The number of hydrogen-bond acceptors (Lipinski definition) is 2. The summed E-state index contributed by atoms with van der Waals surface area (Å²) < 4.78 is 0. The average molecular weight is 216 g/mol. The van der Waals surface area contributed by atoms with Crippen LogP contribution in [0.3, 0.4) is 0 Å². The molecule has 0 radical (unpaired) electrons. The molecule has 2 aliphatic carbocycles. The van der Waals surface area contributed by atoms with Gasteiger partial charge in [-0.2, -0.15) is 0 Å². The molecule has 2 heterocycles. The minimum Gasteiger partial charge on any atom is -0.324 e. The lowest BCUT2D eigenvalue weighted by Gasteiger charge is -2.47. The summed E-state index contributed by atoms with van der Waals surface area (Å²) in [5, 5.41) is 0. The van der Waals surface area contributed by atoms with E-state index in [1.165, 1.54) is 32.4 Å². The molecule has 5 unspecified atom stereocenters. The maximum absolute atomic E-state index is 6.47. The Hall–Kier alpha value is -0.600. The number of rotatable bonds is 0. The van der Waals surface area contributed by atoms with Crippen molar-refractivity contribution in [2.75, 3.05) is 13.1 Å². The molecule has 16 heavy (non-hydrogen) atoms. The molecular formula is C14H20N2. The minimum atomic E-state index is 0.350. The van der Waals surface area contributed by atoms with Gasteiger partial charge in [0.15, 0.2) is 0 Å². The second-order valence-corrected chi connectivity index (χ2v) is 5.89. The van der Waals surface area contributed by atoms with Crippen LogP contribution in [0.5, 0.6) is 0 Å².